The van der Waals surface area contributed by atoms with Crippen LogP contribution in [0.2, 0.25) is 0 Å². The van der Waals surface area contributed by atoms with Gasteiger partial charge in [0.15, 0.2) is 10.4 Å². The molecular formula is C21H19N5O4S. The predicted molar refractivity (Wildman–Crippen MR) is 117 cm³/mol. The molecule has 0 spiro atoms. The van der Waals surface area contributed by atoms with E-state index < -0.39 is 11.5 Å². The number of ether oxygens (including phenoxy) is 2. The minimum atomic E-state index is -0.663. The third-order valence-corrected chi connectivity index (χ3v) is 5.17. The number of aromatic nitrogens is 5. The van der Waals surface area contributed by atoms with Gasteiger partial charge < -0.3 is 9.47 Å². The van der Waals surface area contributed by atoms with E-state index in [9.17, 15) is 9.59 Å². The number of fused-ring (bicyclic) bond motifs is 1. The lowest BCUT2D eigenvalue weighted by molar-refractivity contribution is 0.0603. The molecule has 0 saturated carbocycles. The molecule has 158 valence electrons. The Hall–Kier alpha value is -3.79. The van der Waals surface area contributed by atoms with Crippen molar-refractivity contribution in [2.45, 2.75) is 6.92 Å². The standard InChI is InChI=1S/C21H19N5O4S/c1-11-13(10-25(2)24-11)14-9-12(20(28)30-4)17-18(22-14)26(21(31)23-19(17)27)15-7-5-6-8-16(15)29-3/h5-10H,1-4H3,(H,23,27,31). The number of rotatable bonds is 4. The van der Waals surface area contributed by atoms with Crippen molar-refractivity contribution in [2.75, 3.05) is 14.2 Å². The van der Waals surface area contributed by atoms with Crippen LogP contribution in [-0.2, 0) is 11.8 Å². The molecule has 0 saturated heterocycles. The fourth-order valence-corrected chi connectivity index (χ4v) is 3.80. The van der Waals surface area contributed by atoms with Crippen molar-refractivity contribution < 1.29 is 14.3 Å². The maximum absolute atomic E-state index is 12.9. The molecule has 0 unspecified atom stereocenters. The number of pyridine rings is 1. The molecule has 4 rings (SSSR count). The average molecular weight is 437 g/mol. The van der Waals surface area contributed by atoms with E-state index in [1.165, 1.54) is 20.3 Å². The molecule has 1 N–H and O–H groups in total. The number of para-hydroxylation sites is 2. The van der Waals surface area contributed by atoms with Gasteiger partial charge in [0.05, 0.1) is 42.2 Å². The number of hydrogen-bond donors (Lipinski definition) is 1. The van der Waals surface area contributed by atoms with Gasteiger partial charge in [-0.15, -0.1) is 0 Å². The van der Waals surface area contributed by atoms with E-state index in [1.54, 1.807) is 34.6 Å². The number of hydrogen-bond acceptors (Lipinski definition) is 7. The summed E-state index contributed by atoms with van der Waals surface area (Å²) in [6, 6.07) is 8.71. The highest BCUT2D eigenvalue weighted by molar-refractivity contribution is 7.71. The normalized spacial score (nSPS) is 11.0. The van der Waals surface area contributed by atoms with Crippen LogP contribution in [0.1, 0.15) is 16.1 Å². The Morgan fingerprint density at radius 2 is 1.97 bits per heavy atom. The summed E-state index contributed by atoms with van der Waals surface area (Å²) in [6.45, 7) is 1.84. The zero-order valence-electron chi connectivity index (χ0n) is 17.3. The second kappa shape index (κ2) is 7.80. The van der Waals surface area contributed by atoms with Gasteiger partial charge in [0.1, 0.15) is 5.75 Å². The number of H-pyrrole nitrogens is 1. The summed E-state index contributed by atoms with van der Waals surface area (Å²) in [7, 11) is 4.58. The van der Waals surface area contributed by atoms with Gasteiger partial charge in [-0.2, -0.15) is 5.10 Å². The smallest absolute Gasteiger partial charge is 0.338 e. The molecule has 0 aliphatic rings. The van der Waals surface area contributed by atoms with Crippen LogP contribution in [0, 0.1) is 11.7 Å². The largest absolute Gasteiger partial charge is 0.495 e. The van der Waals surface area contributed by atoms with Crippen LogP contribution in [0.4, 0.5) is 0 Å². The Kier molecular flexibility index (Phi) is 5.15. The van der Waals surface area contributed by atoms with Gasteiger partial charge in [-0.1, -0.05) is 12.1 Å². The van der Waals surface area contributed by atoms with Crippen LogP contribution in [0.5, 0.6) is 5.75 Å². The summed E-state index contributed by atoms with van der Waals surface area (Å²) in [4.78, 5) is 32.9. The van der Waals surface area contributed by atoms with Crippen LogP contribution < -0.4 is 10.3 Å². The van der Waals surface area contributed by atoms with Crippen molar-refractivity contribution in [3.63, 3.8) is 0 Å². The van der Waals surface area contributed by atoms with Crippen molar-refractivity contribution in [3.05, 3.63) is 62.9 Å². The molecule has 0 amide bonds. The van der Waals surface area contributed by atoms with Crippen LogP contribution >= 0.6 is 12.2 Å². The lowest BCUT2D eigenvalue weighted by atomic mass is 10.1. The fourth-order valence-electron chi connectivity index (χ4n) is 3.53. The number of carbonyl (C=O) groups is 1. The van der Waals surface area contributed by atoms with E-state index in [0.717, 1.165) is 5.69 Å². The summed E-state index contributed by atoms with van der Waals surface area (Å²) in [6.07, 6.45) is 1.79. The van der Waals surface area contributed by atoms with Gasteiger partial charge >= 0.3 is 5.97 Å². The lowest BCUT2D eigenvalue weighted by Crippen LogP contribution is -2.19. The first kappa shape index (κ1) is 20.5. The number of benzene rings is 1. The monoisotopic (exact) mass is 437 g/mol. The predicted octanol–water partition coefficient (Wildman–Crippen LogP) is 2.95. The topological polar surface area (TPSA) is 104 Å². The number of aromatic amines is 1. The molecule has 10 heteroatoms. The van der Waals surface area contributed by atoms with Crippen LogP contribution in [-0.4, -0.2) is 44.5 Å². The molecule has 9 nitrogen and oxygen atoms in total. The third-order valence-electron chi connectivity index (χ3n) is 4.88. The molecule has 0 fully saturated rings. The molecule has 3 heterocycles. The first-order chi connectivity index (χ1) is 14.8. The Balaban J connectivity index is 2.21. The third kappa shape index (κ3) is 3.40. The first-order valence-electron chi connectivity index (χ1n) is 9.28. The Bertz CT molecular complexity index is 1450. The van der Waals surface area contributed by atoms with E-state index in [4.69, 9.17) is 26.7 Å². The number of nitrogens with zero attached hydrogens (tertiary/aromatic N) is 4. The molecule has 1 aromatic carbocycles. The molecule has 0 atom stereocenters. The summed E-state index contributed by atoms with van der Waals surface area (Å²) >= 11 is 5.46. The second-order valence-corrected chi connectivity index (χ2v) is 7.20. The van der Waals surface area contributed by atoms with Crippen LogP contribution in [0.15, 0.2) is 41.3 Å². The van der Waals surface area contributed by atoms with E-state index in [-0.39, 0.29) is 21.4 Å². The highest BCUT2D eigenvalue weighted by Gasteiger charge is 2.22. The van der Waals surface area contributed by atoms with Gasteiger partial charge in [0.2, 0.25) is 0 Å². The number of aryl methyl sites for hydroxylation is 2. The van der Waals surface area contributed by atoms with E-state index in [0.29, 0.717) is 22.7 Å². The number of esters is 1. The quantitative estimate of drug-likeness (QED) is 0.387. The number of carbonyl (C=O) groups excluding carboxylic acids is 1. The number of methoxy groups -OCH3 is 2. The van der Waals surface area contributed by atoms with E-state index in [2.05, 4.69) is 10.1 Å². The van der Waals surface area contributed by atoms with E-state index >= 15 is 0 Å². The number of nitrogens with one attached hydrogen (secondary N) is 1. The molecule has 0 aliphatic heterocycles. The minimum absolute atomic E-state index is 0.0663. The van der Waals surface area contributed by atoms with Gasteiger partial charge in [0.25, 0.3) is 5.56 Å². The summed E-state index contributed by atoms with van der Waals surface area (Å²) < 4.78 is 13.8. The zero-order valence-corrected chi connectivity index (χ0v) is 18.1. The maximum Gasteiger partial charge on any atom is 0.338 e. The molecule has 0 bridgehead atoms. The summed E-state index contributed by atoms with van der Waals surface area (Å²) in [5, 5.41) is 4.42. The fraction of sp³-hybridized carbons (Fsp3) is 0.190. The SMILES string of the molecule is COC(=O)c1cc(-c2cn(C)nc2C)nc2c1c(=O)[nH]c(=S)n2-c1ccccc1OC. The second-order valence-electron chi connectivity index (χ2n) is 6.81. The molecule has 3 aromatic heterocycles. The van der Waals surface area contributed by atoms with Gasteiger partial charge in [0, 0.05) is 18.8 Å². The van der Waals surface area contributed by atoms with Crippen molar-refractivity contribution in [3.8, 4) is 22.7 Å². The highest BCUT2D eigenvalue weighted by Crippen LogP contribution is 2.29. The molecule has 4 aromatic rings. The molecule has 31 heavy (non-hydrogen) atoms. The summed E-state index contributed by atoms with van der Waals surface area (Å²) in [5.74, 6) is -0.138. The first-order valence-corrected chi connectivity index (χ1v) is 9.69. The van der Waals surface area contributed by atoms with Crippen molar-refractivity contribution >= 4 is 29.2 Å². The van der Waals surface area contributed by atoms with Crippen molar-refractivity contribution in [1.82, 2.24) is 24.3 Å². The minimum Gasteiger partial charge on any atom is -0.495 e. The molecule has 0 radical (unpaired) electrons. The Morgan fingerprint density at radius 1 is 1.23 bits per heavy atom. The molecular weight excluding hydrogens is 418 g/mol. The molecule has 0 aliphatic carbocycles. The van der Waals surface area contributed by atoms with Gasteiger partial charge in [-0.05, 0) is 37.3 Å². The van der Waals surface area contributed by atoms with Crippen molar-refractivity contribution in [1.29, 1.82) is 0 Å². The van der Waals surface area contributed by atoms with Crippen molar-refractivity contribution in [2.24, 2.45) is 7.05 Å². The Morgan fingerprint density at radius 3 is 2.61 bits per heavy atom. The van der Waals surface area contributed by atoms with Gasteiger partial charge in [-0.25, -0.2) is 9.78 Å². The average Bonchev–Trinajstić information content (AvgIpc) is 3.10. The lowest BCUT2D eigenvalue weighted by Gasteiger charge is -2.15. The Labute approximate surface area is 181 Å². The van der Waals surface area contributed by atoms with Gasteiger partial charge in [-0.3, -0.25) is 19.0 Å². The zero-order chi connectivity index (χ0) is 22.3. The van der Waals surface area contributed by atoms with E-state index in [1.807, 2.05) is 19.1 Å². The van der Waals surface area contributed by atoms with Crippen LogP contribution in [0.25, 0.3) is 28.0 Å². The van der Waals surface area contributed by atoms with Crippen LogP contribution in [0.3, 0.4) is 0 Å². The maximum atomic E-state index is 12.9. The summed E-state index contributed by atoms with van der Waals surface area (Å²) in [5.41, 5.74) is 2.21. The highest BCUT2D eigenvalue weighted by atomic mass is 32.1.